The van der Waals surface area contributed by atoms with E-state index in [2.05, 4.69) is 15.4 Å². The maximum Gasteiger partial charge on any atom is 0.407 e. The summed E-state index contributed by atoms with van der Waals surface area (Å²) in [6.45, 7) is 2.09. The van der Waals surface area contributed by atoms with Gasteiger partial charge in [0.2, 0.25) is 5.91 Å². The number of methoxy groups -OCH3 is 1. The SMILES string of the molecule is COC(=O)NCc1ccc(NC(=O)[C@@]2(C)CC2(Cl)Cl)cc1. The molecule has 7 heteroatoms. The van der Waals surface area contributed by atoms with Crippen LogP contribution in [0.2, 0.25) is 0 Å². The van der Waals surface area contributed by atoms with Gasteiger partial charge >= 0.3 is 6.09 Å². The van der Waals surface area contributed by atoms with Gasteiger partial charge in [0.25, 0.3) is 0 Å². The molecule has 1 atom stereocenters. The van der Waals surface area contributed by atoms with Crippen LogP contribution in [0.5, 0.6) is 0 Å². The fourth-order valence-electron chi connectivity index (χ4n) is 1.87. The van der Waals surface area contributed by atoms with E-state index >= 15 is 0 Å². The summed E-state index contributed by atoms with van der Waals surface area (Å²) in [4.78, 5) is 23.1. The molecule has 0 unspecified atom stereocenters. The van der Waals surface area contributed by atoms with Gasteiger partial charge in [-0.1, -0.05) is 12.1 Å². The van der Waals surface area contributed by atoms with Crippen molar-refractivity contribution in [1.82, 2.24) is 5.32 Å². The molecule has 5 nitrogen and oxygen atoms in total. The summed E-state index contributed by atoms with van der Waals surface area (Å²) in [5.41, 5.74) is 0.792. The number of halogens is 2. The van der Waals surface area contributed by atoms with Gasteiger partial charge < -0.3 is 15.4 Å². The smallest absolute Gasteiger partial charge is 0.407 e. The molecule has 21 heavy (non-hydrogen) atoms. The van der Waals surface area contributed by atoms with Crippen LogP contribution in [0.4, 0.5) is 10.5 Å². The number of rotatable bonds is 4. The number of carbonyl (C=O) groups is 2. The van der Waals surface area contributed by atoms with Gasteiger partial charge in [-0.15, -0.1) is 23.2 Å². The number of nitrogens with one attached hydrogen (secondary N) is 2. The monoisotopic (exact) mass is 330 g/mol. The summed E-state index contributed by atoms with van der Waals surface area (Å²) in [7, 11) is 1.31. The predicted octanol–water partition coefficient (Wildman–Crippen LogP) is 3.07. The van der Waals surface area contributed by atoms with E-state index in [0.29, 0.717) is 18.7 Å². The summed E-state index contributed by atoms with van der Waals surface area (Å²) >= 11 is 11.9. The van der Waals surface area contributed by atoms with Crippen molar-refractivity contribution in [3.8, 4) is 0 Å². The molecule has 114 valence electrons. The van der Waals surface area contributed by atoms with Gasteiger partial charge in [0.1, 0.15) is 4.33 Å². The van der Waals surface area contributed by atoms with Crippen LogP contribution in [-0.4, -0.2) is 23.4 Å². The standard InChI is InChI=1S/C14H16Cl2N2O3/c1-13(8-14(13,15)16)11(19)18-10-5-3-9(4-6-10)7-17-12(20)21-2/h3-6H,7-8H2,1-2H3,(H,17,20)(H,18,19)/t13-/m1/s1. The Morgan fingerprint density at radius 1 is 1.29 bits per heavy atom. The van der Waals surface area contributed by atoms with Crippen molar-refractivity contribution in [3.63, 3.8) is 0 Å². The van der Waals surface area contributed by atoms with Gasteiger partial charge in [-0.05, 0) is 31.0 Å². The Morgan fingerprint density at radius 2 is 1.86 bits per heavy atom. The zero-order valence-electron chi connectivity index (χ0n) is 11.7. The Hall–Kier alpha value is -1.46. The average molecular weight is 331 g/mol. The Bertz CT molecular complexity index is 560. The number of alkyl carbamates (subject to hydrolysis) is 1. The fourth-order valence-corrected chi connectivity index (χ4v) is 2.57. The van der Waals surface area contributed by atoms with Crippen molar-refractivity contribution >= 4 is 40.9 Å². The first kappa shape index (κ1) is 15.9. The molecule has 1 aromatic carbocycles. The van der Waals surface area contributed by atoms with Crippen molar-refractivity contribution in [3.05, 3.63) is 29.8 Å². The molecule has 0 bridgehead atoms. The first-order valence-corrected chi connectivity index (χ1v) is 7.14. The lowest BCUT2D eigenvalue weighted by molar-refractivity contribution is -0.120. The maximum absolute atomic E-state index is 12.1. The molecule has 1 saturated carbocycles. The van der Waals surface area contributed by atoms with Crippen molar-refractivity contribution in [1.29, 1.82) is 0 Å². The maximum atomic E-state index is 12.1. The van der Waals surface area contributed by atoms with E-state index in [-0.39, 0.29) is 5.91 Å². The topological polar surface area (TPSA) is 67.4 Å². The highest BCUT2D eigenvalue weighted by Gasteiger charge is 2.67. The summed E-state index contributed by atoms with van der Waals surface area (Å²) in [6, 6.07) is 7.11. The summed E-state index contributed by atoms with van der Waals surface area (Å²) < 4.78 is 3.50. The molecule has 0 radical (unpaired) electrons. The fraction of sp³-hybridized carbons (Fsp3) is 0.429. The van der Waals surface area contributed by atoms with E-state index in [1.165, 1.54) is 7.11 Å². The van der Waals surface area contributed by atoms with Crippen LogP contribution in [-0.2, 0) is 16.1 Å². The second kappa shape index (κ2) is 5.73. The third-order valence-electron chi connectivity index (χ3n) is 3.59. The van der Waals surface area contributed by atoms with Crippen molar-refractivity contribution < 1.29 is 14.3 Å². The molecular formula is C14H16Cl2N2O3. The molecule has 0 aromatic heterocycles. The number of hydrogen-bond donors (Lipinski definition) is 2. The number of ether oxygens (including phenoxy) is 1. The van der Waals surface area contributed by atoms with Crippen LogP contribution in [0, 0.1) is 5.41 Å². The zero-order valence-corrected chi connectivity index (χ0v) is 13.2. The minimum absolute atomic E-state index is 0.201. The number of anilines is 1. The molecule has 2 rings (SSSR count). The summed E-state index contributed by atoms with van der Waals surface area (Å²) in [5.74, 6) is -0.201. The van der Waals surface area contributed by atoms with E-state index in [4.69, 9.17) is 23.2 Å². The lowest BCUT2D eigenvalue weighted by atomic mass is 10.1. The van der Waals surface area contributed by atoms with E-state index in [9.17, 15) is 9.59 Å². The number of carbonyl (C=O) groups excluding carboxylic acids is 2. The van der Waals surface area contributed by atoms with Gasteiger partial charge in [0.05, 0.1) is 12.5 Å². The Kier molecular flexibility index (Phi) is 4.35. The minimum Gasteiger partial charge on any atom is -0.453 e. The summed E-state index contributed by atoms with van der Waals surface area (Å²) in [6.07, 6.45) is -0.0506. The van der Waals surface area contributed by atoms with Crippen molar-refractivity contribution in [2.24, 2.45) is 5.41 Å². The van der Waals surface area contributed by atoms with Gasteiger partial charge in [-0.2, -0.15) is 0 Å². The number of amides is 2. The molecule has 1 aromatic rings. The van der Waals surface area contributed by atoms with Gasteiger partial charge in [0.15, 0.2) is 0 Å². The highest BCUT2D eigenvalue weighted by Crippen LogP contribution is 2.64. The van der Waals surface area contributed by atoms with Gasteiger partial charge in [0, 0.05) is 12.2 Å². The molecule has 0 heterocycles. The van der Waals surface area contributed by atoms with E-state index < -0.39 is 15.8 Å². The highest BCUT2D eigenvalue weighted by atomic mass is 35.5. The van der Waals surface area contributed by atoms with Gasteiger partial charge in [-0.25, -0.2) is 4.79 Å². The predicted molar refractivity (Wildman–Crippen MR) is 81.5 cm³/mol. The third kappa shape index (κ3) is 3.41. The van der Waals surface area contributed by atoms with E-state index in [1.807, 2.05) is 0 Å². The second-order valence-electron chi connectivity index (χ2n) is 5.21. The molecule has 2 N–H and O–H groups in total. The molecule has 0 aliphatic heterocycles. The third-order valence-corrected chi connectivity index (χ3v) is 4.69. The lowest BCUT2D eigenvalue weighted by Gasteiger charge is -2.13. The normalized spacial score (nSPS) is 22.3. The first-order valence-electron chi connectivity index (χ1n) is 6.38. The minimum atomic E-state index is -0.985. The quantitative estimate of drug-likeness (QED) is 0.833. The van der Waals surface area contributed by atoms with Crippen LogP contribution in [0.25, 0.3) is 0 Å². The highest BCUT2D eigenvalue weighted by molar-refractivity contribution is 6.53. The largest absolute Gasteiger partial charge is 0.453 e. The zero-order chi connectivity index (χ0) is 15.7. The number of alkyl halides is 2. The average Bonchev–Trinajstić information content (AvgIpc) is 2.98. The van der Waals surface area contributed by atoms with Crippen LogP contribution in [0.15, 0.2) is 24.3 Å². The van der Waals surface area contributed by atoms with Crippen molar-refractivity contribution in [2.45, 2.75) is 24.2 Å². The second-order valence-corrected chi connectivity index (χ2v) is 6.69. The summed E-state index contributed by atoms with van der Waals surface area (Å²) in [5, 5.41) is 5.35. The van der Waals surface area contributed by atoms with E-state index in [0.717, 1.165) is 5.56 Å². The Labute approximate surface area is 132 Å². The van der Waals surface area contributed by atoms with Crippen LogP contribution < -0.4 is 10.6 Å². The number of hydrogen-bond acceptors (Lipinski definition) is 3. The van der Waals surface area contributed by atoms with E-state index in [1.54, 1.807) is 31.2 Å². The molecule has 0 spiro atoms. The molecular weight excluding hydrogens is 315 g/mol. The lowest BCUT2D eigenvalue weighted by Crippen LogP contribution is -2.26. The molecule has 0 saturated heterocycles. The van der Waals surface area contributed by atoms with Gasteiger partial charge in [-0.3, -0.25) is 4.79 Å². The first-order chi connectivity index (χ1) is 9.78. The Balaban J connectivity index is 1.91. The van der Waals surface area contributed by atoms with Crippen molar-refractivity contribution in [2.75, 3.05) is 12.4 Å². The Morgan fingerprint density at radius 3 is 2.33 bits per heavy atom. The number of benzene rings is 1. The molecule has 2 amide bonds. The van der Waals surface area contributed by atoms with Crippen LogP contribution in [0.1, 0.15) is 18.9 Å². The molecule has 1 aliphatic carbocycles. The molecule has 1 aliphatic rings. The molecule has 1 fully saturated rings. The van der Waals surface area contributed by atoms with Crippen LogP contribution >= 0.6 is 23.2 Å². The van der Waals surface area contributed by atoms with Crippen LogP contribution in [0.3, 0.4) is 0 Å².